The number of aromatic nitrogens is 2. The Labute approximate surface area is 173 Å². The number of hydrogen-bond donors (Lipinski definition) is 0. The van der Waals surface area contributed by atoms with Gasteiger partial charge in [0.25, 0.3) is 0 Å². The molecule has 1 aliphatic heterocycles. The molecule has 3 aromatic rings. The monoisotopic (exact) mass is 411 g/mol. The van der Waals surface area contributed by atoms with Gasteiger partial charge in [0.2, 0.25) is 0 Å². The van der Waals surface area contributed by atoms with Gasteiger partial charge in [0, 0.05) is 30.4 Å². The average Bonchev–Trinajstić information content (AvgIpc) is 3.37. The zero-order valence-electron chi connectivity index (χ0n) is 16.7. The normalized spacial score (nSPS) is 17.2. The number of halogens is 2. The van der Waals surface area contributed by atoms with Crippen LogP contribution in [0.4, 0.5) is 8.78 Å². The predicted octanol–water partition coefficient (Wildman–Crippen LogP) is 4.18. The van der Waals surface area contributed by atoms with E-state index in [0.29, 0.717) is 13.0 Å². The first-order valence-corrected chi connectivity index (χ1v) is 9.97. The van der Waals surface area contributed by atoms with E-state index in [1.807, 2.05) is 35.1 Å². The van der Waals surface area contributed by atoms with Crippen LogP contribution in [0.3, 0.4) is 0 Å². The van der Waals surface area contributed by atoms with Crippen LogP contribution in [-0.2, 0) is 16.0 Å². The maximum absolute atomic E-state index is 14.8. The smallest absolute Gasteiger partial charge is 0.330 e. The molecule has 0 N–H and O–H groups in total. The van der Waals surface area contributed by atoms with Gasteiger partial charge in [-0.25, -0.2) is 18.1 Å². The molecule has 156 valence electrons. The first-order valence-electron chi connectivity index (χ1n) is 9.97. The fourth-order valence-electron chi connectivity index (χ4n) is 4.12. The molecule has 2 aromatic heterocycles. The molecule has 0 amide bonds. The average molecular weight is 411 g/mol. The molecular weight excluding hydrogens is 388 g/mol. The number of likely N-dealkylation sites (tertiary alicyclic amines) is 1. The summed E-state index contributed by atoms with van der Waals surface area (Å²) in [7, 11) is 1.25. The second-order valence-corrected chi connectivity index (χ2v) is 7.40. The number of fused-ring (bicyclic) bond motifs is 1. The highest BCUT2D eigenvalue weighted by molar-refractivity contribution is 5.86. The minimum Gasteiger partial charge on any atom is -0.466 e. The first-order chi connectivity index (χ1) is 14.6. The number of esters is 1. The molecule has 0 aliphatic carbocycles. The summed E-state index contributed by atoms with van der Waals surface area (Å²) in [5.74, 6) is -1.76. The fraction of sp³-hybridized carbons (Fsp3) is 0.304. The van der Waals surface area contributed by atoms with E-state index in [1.54, 1.807) is 0 Å². The molecule has 0 bridgehead atoms. The van der Waals surface area contributed by atoms with Crippen LogP contribution in [0, 0.1) is 11.6 Å². The van der Waals surface area contributed by atoms with Crippen LogP contribution in [0.1, 0.15) is 35.6 Å². The Hall–Kier alpha value is -3.06. The Balaban J connectivity index is 1.51. The topological polar surface area (TPSA) is 46.8 Å². The Kier molecular flexibility index (Phi) is 5.90. The number of hydrogen-bond acceptors (Lipinski definition) is 4. The van der Waals surface area contributed by atoms with Crippen LogP contribution < -0.4 is 0 Å². The quantitative estimate of drug-likeness (QED) is 0.451. The highest BCUT2D eigenvalue weighted by atomic mass is 19.1. The molecule has 3 heterocycles. The maximum Gasteiger partial charge on any atom is 0.330 e. The van der Waals surface area contributed by atoms with Crippen molar-refractivity contribution in [3.8, 4) is 0 Å². The lowest BCUT2D eigenvalue weighted by Gasteiger charge is -2.25. The molecule has 30 heavy (non-hydrogen) atoms. The van der Waals surface area contributed by atoms with Gasteiger partial charge in [-0.1, -0.05) is 6.07 Å². The molecule has 7 heteroatoms. The van der Waals surface area contributed by atoms with Crippen LogP contribution in [0.25, 0.3) is 11.6 Å². The Bertz CT molecular complexity index is 1070. The SMILES string of the molecule is COC(=O)C=Cc1cc(F)c([C@@H]2CCCN2CCc2cnn3ccccc23)c(F)c1. The molecule has 0 spiro atoms. The van der Waals surface area contributed by atoms with Crippen molar-refractivity contribution in [3.05, 3.63) is 77.1 Å². The van der Waals surface area contributed by atoms with E-state index in [0.717, 1.165) is 36.5 Å². The van der Waals surface area contributed by atoms with Crippen LogP contribution in [0.2, 0.25) is 0 Å². The number of ether oxygens (including phenoxy) is 1. The van der Waals surface area contributed by atoms with Gasteiger partial charge in [-0.15, -0.1) is 0 Å². The number of carbonyl (C=O) groups is 1. The van der Waals surface area contributed by atoms with Crippen molar-refractivity contribution in [3.63, 3.8) is 0 Å². The highest BCUT2D eigenvalue weighted by Crippen LogP contribution is 2.35. The lowest BCUT2D eigenvalue weighted by atomic mass is 10.0. The fourth-order valence-corrected chi connectivity index (χ4v) is 4.12. The van der Waals surface area contributed by atoms with Gasteiger partial charge in [0.15, 0.2) is 0 Å². The summed E-state index contributed by atoms with van der Waals surface area (Å²) < 4.78 is 36.0. The van der Waals surface area contributed by atoms with E-state index in [1.165, 1.54) is 25.3 Å². The second kappa shape index (κ2) is 8.75. The molecule has 0 radical (unpaired) electrons. The number of methoxy groups -OCH3 is 1. The number of rotatable bonds is 6. The molecule has 1 fully saturated rings. The van der Waals surface area contributed by atoms with Gasteiger partial charge in [0.05, 0.1) is 18.8 Å². The first kappa shape index (κ1) is 20.2. The molecule has 5 nitrogen and oxygen atoms in total. The summed E-state index contributed by atoms with van der Waals surface area (Å²) in [6.45, 7) is 1.50. The third kappa shape index (κ3) is 4.11. The third-order valence-electron chi connectivity index (χ3n) is 5.59. The zero-order chi connectivity index (χ0) is 21.1. The minimum atomic E-state index is -0.590. The van der Waals surface area contributed by atoms with Crippen LogP contribution in [-0.4, -0.2) is 40.7 Å². The lowest BCUT2D eigenvalue weighted by molar-refractivity contribution is -0.134. The van der Waals surface area contributed by atoms with Crippen molar-refractivity contribution in [2.45, 2.75) is 25.3 Å². The summed E-state index contributed by atoms with van der Waals surface area (Å²) in [4.78, 5) is 13.4. The van der Waals surface area contributed by atoms with Gasteiger partial charge in [-0.2, -0.15) is 5.10 Å². The lowest BCUT2D eigenvalue weighted by Crippen LogP contribution is -2.27. The standard InChI is InChI=1S/C23H23F2N3O2/c1-30-22(29)8-7-16-13-18(24)23(19(25)14-16)21-6-4-10-27(21)12-9-17-15-26-28-11-3-2-5-20(17)28/h2-3,5,7-8,11,13-15,21H,4,6,9-10,12H2,1H3/t21-/m0/s1. The van der Waals surface area contributed by atoms with E-state index in [2.05, 4.69) is 14.7 Å². The number of carbonyl (C=O) groups excluding carboxylic acids is 1. The van der Waals surface area contributed by atoms with E-state index in [9.17, 15) is 13.6 Å². The largest absolute Gasteiger partial charge is 0.466 e. The van der Waals surface area contributed by atoms with E-state index in [-0.39, 0.29) is 17.2 Å². The van der Waals surface area contributed by atoms with Gasteiger partial charge >= 0.3 is 5.97 Å². The molecule has 1 atom stereocenters. The molecule has 0 saturated carbocycles. The van der Waals surface area contributed by atoms with E-state index >= 15 is 0 Å². The summed E-state index contributed by atoms with van der Waals surface area (Å²) in [6.07, 6.45) is 8.60. The van der Waals surface area contributed by atoms with Gasteiger partial charge in [-0.05, 0) is 67.3 Å². The molecule has 1 saturated heterocycles. The van der Waals surface area contributed by atoms with Crippen molar-refractivity contribution in [2.75, 3.05) is 20.2 Å². The highest BCUT2D eigenvalue weighted by Gasteiger charge is 2.30. The summed E-state index contributed by atoms with van der Waals surface area (Å²) >= 11 is 0. The zero-order valence-corrected chi connectivity index (χ0v) is 16.7. The van der Waals surface area contributed by atoms with Gasteiger partial charge in [-0.3, -0.25) is 4.90 Å². The third-order valence-corrected chi connectivity index (χ3v) is 5.59. The van der Waals surface area contributed by atoms with Crippen LogP contribution in [0.15, 0.2) is 48.8 Å². The second-order valence-electron chi connectivity index (χ2n) is 7.40. The maximum atomic E-state index is 14.8. The van der Waals surface area contributed by atoms with Crippen molar-refractivity contribution < 1.29 is 18.3 Å². The molecule has 0 unspecified atom stereocenters. The number of pyridine rings is 1. The van der Waals surface area contributed by atoms with Gasteiger partial charge < -0.3 is 4.74 Å². The predicted molar refractivity (Wildman–Crippen MR) is 110 cm³/mol. The van der Waals surface area contributed by atoms with Crippen molar-refractivity contribution in [2.24, 2.45) is 0 Å². The van der Waals surface area contributed by atoms with Crippen molar-refractivity contribution in [1.29, 1.82) is 0 Å². The minimum absolute atomic E-state index is 0.0996. The van der Waals surface area contributed by atoms with Gasteiger partial charge in [0.1, 0.15) is 11.6 Å². The molecular formula is C23H23F2N3O2. The Morgan fingerprint density at radius 3 is 2.87 bits per heavy atom. The van der Waals surface area contributed by atoms with E-state index in [4.69, 9.17) is 0 Å². The van der Waals surface area contributed by atoms with E-state index < -0.39 is 17.6 Å². The van der Waals surface area contributed by atoms with Crippen molar-refractivity contribution in [1.82, 2.24) is 14.5 Å². The number of benzene rings is 1. The van der Waals surface area contributed by atoms with Crippen molar-refractivity contribution >= 4 is 17.6 Å². The molecule has 1 aromatic carbocycles. The number of nitrogens with zero attached hydrogens (tertiary/aromatic N) is 3. The van der Waals surface area contributed by atoms with Crippen LogP contribution >= 0.6 is 0 Å². The molecule has 1 aliphatic rings. The Morgan fingerprint density at radius 2 is 2.10 bits per heavy atom. The summed E-state index contributed by atoms with van der Waals surface area (Å²) in [5, 5.41) is 4.35. The summed E-state index contributed by atoms with van der Waals surface area (Å²) in [5.41, 5.74) is 2.55. The van der Waals surface area contributed by atoms with Crippen LogP contribution in [0.5, 0.6) is 0 Å². The molecule has 4 rings (SSSR count). The summed E-state index contributed by atoms with van der Waals surface area (Å²) in [6, 6.07) is 8.14. The Morgan fingerprint density at radius 1 is 1.30 bits per heavy atom.